The van der Waals surface area contributed by atoms with Crippen LogP contribution in [0.4, 0.5) is 0 Å². The number of aryl methyl sites for hydroxylation is 1. The first-order valence-electron chi connectivity index (χ1n) is 9.23. The Hall–Kier alpha value is -2.50. The average molecular weight is 359 g/mol. The zero-order valence-corrected chi connectivity index (χ0v) is 16.0. The van der Waals surface area contributed by atoms with Crippen LogP contribution >= 0.6 is 0 Å². The molecule has 0 fully saturated rings. The highest BCUT2D eigenvalue weighted by Gasteiger charge is 2.22. The molecule has 2 heterocycles. The van der Waals surface area contributed by atoms with Crippen molar-refractivity contribution >= 4 is 11.8 Å². The van der Waals surface area contributed by atoms with E-state index >= 15 is 0 Å². The highest BCUT2D eigenvalue weighted by molar-refractivity contribution is 5.84. The van der Waals surface area contributed by atoms with E-state index in [1.165, 1.54) is 0 Å². The molecule has 26 heavy (non-hydrogen) atoms. The van der Waals surface area contributed by atoms with Crippen LogP contribution in [-0.2, 0) is 29.7 Å². The molecular weight excluding hydrogens is 330 g/mol. The fourth-order valence-corrected chi connectivity index (χ4v) is 2.88. The Balaban J connectivity index is 2.12. The van der Waals surface area contributed by atoms with E-state index in [1.807, 2.05) is 55.9 Å². The number of hydrogen-bond acceptors (Lipinski definition) is 3. The lowest BCUT2D eigenvalue weighted by atomic mass is 10.2. The van der Waals surface area contributed by atoms with Gasteiger partial charge in [-0.2, -0.15) is 0 Å². The predicted molar refractivity (Wildman–Crippen MR) is 100 cm³/mol. The van der Waals surface area contributed by atoms with Crippen molar-refractivity contribution in [1.29, 1.82) is 0 Å². The molecule has 0 bridgehead atoms. The first-order valence-corrected chi connectivity index (χ1v) is 9.23. The summed E-state index contributed by atoms with van der Waals surface area (Å²) < 4.78 is 7.42. The van der Waals surface area contributed by atoms with Gasteiger partial charge in [0.1, 0.15) is 5.76 Å². The van der Waals surface area contributed by atoms with E-state index in [2.05, 4.69) is 0 Å². The van der Waals surface area contributed by atoms with Crippen LogP contribution in [0.5, 0.6) is 0 Å². The SMILES string of the molecule is CCCC(=O)N(CCC)CC(=O)N(Cc1ccco1)Cc1cccn1C. The molecule has 6 nitrogen and oxygen atoms in total. The third-order valence-electron chi connectivity index (χ3n) is 4.32. The van der Waals surface area contributed by atoms with Crippen LogP contribution in [-0.4, -0.2) is 39.3 Å². The molecule has 6 heteroatoms. The van der Waals surface area contributed by atoms with E-state index in [-0.39, 0.29) is 18.4 Å². The van der Waals surface area contributed by atoms with Crippen molar-refractivity contribution in [3.05, 3.63) is 48.2 Å². The van der Waals surface area contributed by atoms with Crippen LogP contribution in [0.3, 0.4) is 0 Å². The smallest absolute Gasteiger partial charge is 0.242 e. The summed E-state index contributed by atoms with van der Waals surface area (Å²) in [7, 11) is 1.96. The second-order valence-corrected chi connectivity index (χ2v) is 6.50. The summed E-state index contributed by atoms with van der Waals surface area (Å²) in [5.41, 5.74) is 1.03. The van der Waals surface area contributed by atoms with Crippen LogP contribution in [0, 0.1) is 0 Å². The van der Waals surface area contributed by atoms with Gasteiger partial charge in [-0.1, -0.05) is 13.8 Å². The van der Waals surface area contributed by atoms with Gasteiger partial charge in [-0.05, 0) is 37.1 Å². The number of aromatic nitrogens is 1. The highest BCUT2D eigenvalue weighted by Crippen LogP contribution is 2.12. The number of carbonyl (C=O) groups excluding carboxylic acids is 2. The Morgan fingerprint density at radius 2 is 1.85 bits per heavy atom. The van der Waals surface area contributed by atoms with Gasteiger partial charge in [0.2, 0.25) is 11.8 Å². The summed E-state index contributed by atoms with van der Waals surface area (Å²) in [6, 6.07) is 7.62. The summed E-state index contributed by atoms with van der Waals surface area (Å²) >= 11 is 0. The summed E-state index contributed by atoms with van der Waals surface area (Å²) in [4.78, 5) is 28.7. The molecule has 2 amide bonds. The van der Waals surface area contributed by atoms with Crippen LogP contribution in [0.2, 0.25) is 0 Å². The van der Waals surface area contributed by atoms with Crippen LogP contribution in [0.1, 0.15) is 44.6 Å². The van der Waals surface area contributed by atoms with Crippen molar-refractivity contribution in [2.24, 2.45) is 7.05 Å². The van der Waals surface area contributed by atoms with E-state index < -0.39 is 0 Å². The molecule has 0 aromatic carbocycles. The van der Waals surface area contributed by atoms with Gasteiger partial charge in [-0.25, -0.2) is 0 Å². The molecule has 0 radical (unpaired) electrons. The van der Waals surface area contributed by atoms with Gasteiger partial charge in [0.25, 0.3) is 0 Å². The average Bonchev–Trinajstić information content (AvgIpc) is 3.26. The standard InChI is InChI=1S/C20H29N3O3/c1-4-8-19(24)22(11-5-2)16-20(25)23(15-18-10-7-13-26-18)14-17-9-6-12-21(17)3/h6-7,9-10,12-13H,4-5,8,11,14-16H2,1-3H3. The first-order chi connectivity index (χ1) is 12.5. The van der Waals surface area contributed by atoms with E-state index in [1.54, 1.807) is 16.1 Å². The number of carbonyl (C=O) groups is 2. The van der Waals surface area contributed by atoms with Gasteiger partial charge in [0, 0.05) is 31.9 Å². The van der Waals surface area contributed by atoms with Gasteiger partial charge in [0.05, 0.1) is 25.9 Å². The molecule has 0 unspecified atom stereocenters. The molecular formula is C20H29N3O3. The second kappa shape index (κ2) is 9.85. The van der Waals surface area contributed by atoms with Crippen molar-refractivity contribution in [2.75, 3.05) is 13.1 Å². The van der Waals surface area contributed by atoms with Crippen LogP contribution in [0.25, 0.3) is 0 Å². The molecule has 2 rings (SSSR count). The lowest BCUT2D eigenvalue weighted by molar-refractivity contribution is -0.141. The van der Waals surface area contributed by atoms with Crippen molar-refractivity contribution in [3.8, 4) is 0 Å². The van der Waals surface area contributed by atoms with Gasteiger partial charge in [-0.15, -0.1) is 0 Å². The van der Waals surface area contributed by atoms with Gasteiger partial charge in [-0.3, -0.25) is 9.59 Å². The van der Waals surface area contributed by atoms with Crippen molar-refractivity contribution in [2.45, 2.75) is 46.2 Å². The molecule has 0 aliphatic carbocycles. The number of rotatable bonds is 10. The maximum atomic E-state index is 13.0. The lowest BCUT2D eigenvalue weighted by Gasteiger charge is -2.27. The molecule has 0 saturated heterocycles. The van der Waals surface area contributed by atoms with Crippen LogP contribution in [0.15, 0.2) is 41.1 Å². The van der Waals surface area contributed by atoms with E-state index in [0.29, 0.717) is 26.1 Å². The van der Waals surface area contributed by atoms with E-state index in [4.69, 9.17) is 4.42 Å². The quantitative estimate of drug-likeness (QED) is 0.655. The molecule has 0 atom stereocenters. The van der Waals surface area contributed by atoms with Crippen molar-refractivity contribution in [3.63, 3.8) is 0 Å². The Morgan fingerprint density at radius 1 is 1.04 bits per heavy atom. The van der Waals surface area contributed by atoms with Gasteiger partial charge < -0.3 is 18.8 Å². The minimum atomic E-state index is -0.0690. The molecule has 142 valence electrons. The van der Waals surface area contributed by atoms with Gasteiger partial charge in [0.15, 0.2) is 0 Å². The minimum Gasteiger partial charge on any atom is -0.467 e. The topological polar surface area (TPSA) is 58.7 Å². The van der Waals surface area contributed by atoms with Gasteiger partial charge >= 0.3 is 0 Å². The fraction of sp³-hybridized carbons (Fsp3) is 0.500. The molecule has 0 N–H and O–H groups in total. The summed E-state index contributed by atoms with van der Waals surface area (Å²) in [6.45, 7) is 5.56. The largest absolute Gasteiger partial charge is 0.467 e. The second-order valence-electron chi connectivity index (χ2n) is 6.50. The lowest BCUT2D eigenvalue weighted by Crippen LogP contribution is -2.42. The summed E-state index contributed by atoms with van der Waals surface area (Å²) in [5, 5.41) is 0. The maximum Gasteiger partial charge on any atom is 0.242 e. The van der Waals surface area contributed by atoms with Crippen LogP contribution < -0.4 is 0 Å². The predicted octanol–water partition coefficient (Wildman–Crippen LogP) is 3.19. The summed E-state index contributed by atoms with van der Waals surface area (Å²) in [5.74, 6) is 0.703. The maximum absolute atomic E-state index is 13.0. The molecule has 2 aromatic rings. The first kappa shape index (κ1) is 19.8. The zero-order valence-electron chi connectivity index (χ0n) is 16.0. The molecule has 0 saturated carbocycles. The van der Waals surface area contributed by atoms with E-state index in [9.17, 15) is 9.59 Å². The highest BCUT2D eigenvalue weighted by atomic mass is 16.3. The van der Waals surface area contributed by atoms with Crippen molar-refractivity contribution in [1.82, 2.24) is 14.4 Å². The third-order valence-corrected chi connectivity index (χ3v) is 4.32. The molecule has 2 aromatic heterocycles. The van der Waals surface area contributed by atoms with E-state index in [0.717, 1.165) is 24.3 Å². The Morgan fingerprint density at radius 3 is 2.42 bits per heavy atom. The Labute approximate surface area is 155 Å². The number of nitrogens with zero attached hydrogens (tertiary/aromatic N) is 3. The number of furan rings is 1. The molecule has 0 spiro atoms. The number of amides is 2. The number of hydrogen-bond donors (Lipinski definition) is 0. The third kappa shape index (κ3) is 5.51. The Bertz CT molecular complexity index is 691. The van der Waals surface area contributed by atoms with Crippen molar-refractivity contribution < 1.29 is 14.0 Å². The monoisotopic (exact) mass is 359 g/mol. The Kier molecular flexibility index (Phi) is 7.51. The molecule has 0 aliphatic heterocycles. The minimum absolute atomic E-state index is 0.0412. The fourth-order valence-electron chi connectivity index (χ4n) is 2.88. The molecule has 0 aliphatic rings. The normalized spacial score (nSPS) is 10.7. The summed E-state index contributed by atoms with van der Waals surface area (Å²) in [6.07, 6.45) is 5.66. The zero-order chi connectivity index (χ0) is 18.9.